The van der Waals surface area contributed by atoms with Gasteiger partial charge in [0.25, 0.3) is 10.2 Å². The zero-order valence-corrected chi connectivity index (χ0v) is 12.0. The lowest BCUT2D eigenvalue weighted by Crippen LogP contribution is -2.46. The summed E-state index contributed by atoms with van der Waals surface area (Å²) in [6.45, 7) is 4.78. The largest absolute Gasteiger partial charge is 0.282 e. The minimum atomic E-state index is -3.19. The summed E-state index contributed by atoms with van der Waals surface area (Å²) in [7, 11) is -3.19. The molecule has 0 aliphatic carbocycles. The van der Waals surface area contributed by atoms with E-state index in [1.54, 1.807) is 8.61 Å². The van der Waals surface area contributed by atoms with Crippen LogP contribution in [-0.2, 0) is 10.2 Å². The molecule has 2 rings (SSSR count). The third kappa shape index (κ3) is 2.60. The average molecular weight is 311 g/mol. The van der Waals surface area contributed by atoms with Gasteiger partial charge in [0.2, 0.25) is 0 Å². The number of alkyl halides is 1. The Hall–Kier alpha value is 0.350. The van der Waals surface area contributed by atoms with Gasteiger partial charge >= 0.3 is 0 Å². The summed E-state index contributed by atoms with van der Waals surface area (Å²) in [4.78, 5) is 0.324. The van der Waals surface area contributed by atoms with Gasteiger partial charge in [-0.05, 0) is 25.2 Å². The van der Waals surface area contributed by atoms with Crippen molar-refractivity contribution in [3.8, 4) is 0 Å². The van der Waals surface area contributed by atoms with E-state index in [0.717, 1.165) is 19.3 Å². The Bertz CT molecular complexity index is 347. The van der Waals surface area contributed by atoms with E-state index < -0.39 is 10.2 Å². The molecule has 0 bridgehead atoms. The molecule has 0 radical (unpaired) electrons. The lowest BCUT2D eigenvalue weighted by molar-refractivity contribution is 0.264. The molecule has 2 aliphatic heterocycles. The zero-order chi connectivity index (χ0) is 11.8. The first-order chi connectivity index (χ1) is 7.50. The summed E-state index contributed by atoms with van der Waals surface area (Å²) in [5.74, 6) is 0.492. The number of hydrogen-bond donors (Lipinski definition) is 0. The molecule has 0 spiro atoms. The topological polar surface area (TPSA) is 40.6 Å². The second-order valence-electron chi connectivity index (χ2n) is 4.86. The van der Waals surface area contributed by atoms with Gasteiger partial charge in [0.05, 0.1) is 0 Å². The maximum Gasteiger partial charge on any atom is 0.282 e. The van der Waals surface area contributed by atoms with Crippen molar-refractivity contribution in [3.05, 3.63) is 0 Å². The van der Waals surface area contributed by atoms with Crippen LogP contribution in [0.4, 0.5) is 0 Å². The fraction of sp³-hybridized carbons (Fsp3) is 1.00. The highest BCUT2D eigenvalue weighted by Gasteiger charge is 2.36. The molecule has 0 saturated carbocycles. The number of nitrogens with zero attached hydrogens (tertiary/aromatic N) is 2. The smallest absolute Gasteiger partial charge is 0.195 e. The van der Waals surface area contributed by atoms with Crippen molar-refractivity contribution >= 4 is 26.1 Å². The molecule has 0 aromatic rings. The number of halogens is 1. The molecule has 0 N–H and O–H groups in total. The van der Waals surface area contributed by atoms with Crippen molar-refractivity contribution in [1.82, 2.24) is 8.61 Å². The normalized spacial score (nSPS) is 34.4. The van der Waals surface area contributed by atoms with E-state index in [2.05, 4.69) is 22.9 Å². The van der Waals surface area contributed by atoms with E-state index in [0.29, 0.717) is 36.9 Å². The maximum absolute atomic E-state index is 12.3. The molecule has 2 atom stereocenters. The Morgan fingerprint density at radius 3 is 2.38 bits per heavy atom. The Balaban J connectivity index is 2.06. The molecular weight excluding hydrogens is 292 g/mol. The van der Waals surface area contributed by atoms with Crippen LogP contribution in [0, 0.1) is 5.92 Å². The maximum atomic E-state index is 12.3. The van der Waals surface area contributed by atoms with Gasteiger partial charge in [-0.15, -0.1) is 0 Å². The first-order valence-electron chi connectivity index (χ1n) is 5.89. The summed E-state index contributed by atoms with van der Waals surface area (Å²) < 4.78 is 27.9. The lowest BCUT2D eigenvalue weighted by Gasteiger charge is -2.32. The van der Waals surface area contributed by atoms with Gasteiger partial charge in [-0.2, -0.15) is 17.0 Å². The van der Waals surface area contributed by atoms with Crippen LogP contribution in [0.1, 0.15) is 26.2 Å². The molecule has 0 aromatic carbocycles. The molecule has 2 fully saturated rings. The standard InChI is InChI=1S/C10H19BrN2O2S/c1-9-3-2-5-12(7-9)16(14,15)13-6-4-10(11)8-13/h9-10H,2-8H2,1H3. The first kappa shape index (κ1) is 12.8. The van der Waals surface area contributed by atoms with E-state index in [-0.39, 0.29) is 0 Å². The van der Waals surface area contributed by atoms with Gasteiger partial charge < -0.3 is 0 Å². The van der Waals surface area contributed by atoms with Crippen LogP contribution in [0.25, 0.3) is 0 Å². The van der Waals surface area contributed by atoms with Crippen molar-refractivity contribution in [1.29, 1.82) is 0 Å². The van der Waals surface area contributed by atoms with E-state index in [1.165, 1.54) is 0 Å². The van der Waals surface area contributed by atoms with E-state index in [1.807, 2.05) is 0 Å². The van der Waals surface area contributed by atoms with Gasteiger partial charge in [0.1, 0.15) is 0 Å². The van der Waals surface area contributed by atoms with Crippen molar-refractivity contribution in [2.75, 3.05) is 26.2 Å². The van der Waals surface area contributed by atoms with Crippen molar-refractivity contribution < 1.29 is 8.42 Å². The number of rotatable bonds is 2. The molecular formula is C10H19BrN2O2S. The molecule has 2 aliphatic rings. The highest BCUT2D eigenvalue weighted by molar-refractivity contribution is 9.09. The molecule has 16 heavy (non-hydrogen) atoms. The predicted molar refractivity (Wildman–Crippen MR) is 67.8 cm³/mol. The SMILES string of the molecule is CC1CCCN(S(=O)(=O)N2CCC(Br)C2)C1. The molecule has 2 heterocycles. The lowest BCUT2D eigenvalue weighted by atomic mass is 10.0. The zero-order valence-electron chi connectivity index (χ0n) is 9.60. The van der Waals surface area contributed by atoms with Crippen LogP contribution in [0.15, 0.2) is 0 Å². The van der Waals surface area contributed by atoms with Gasteiger partial charge in [-0.25, -0.2) is 0 Å². The minimum absolute atomic E-state index is 0.324. The summed E-state index contributed by atoms with van der Waals surface area (Å²) in [6, 6.07) is 0. The van der Waals surface area contributed by atoms with Crippen molar-refractivity contribution in [2.24, 2.45) is 5.92 Å². The van der Waals surface area contributed by atoms with Crippen LogP contribution in [-0.4, -0.2) is 48.0 Å². The summed E-state index contributed by atoms with van der Waals surface area (Å²) in [5.41, 5.74) is 0. The summed E-state index contributed by atoms with van der Waals surface area (Å²) in [6.07, 6.45) is 3.06. The Labute approximate surface area is 106 Å². The number of hydrogen-bond acceptors (Lipinski definition) is 2. The average Bonchev–Trinajstić information content (AvgIpc) is 2.65. The second kappa shape index (κ2) is 4.92. The predicted octanol–water partition coefficient (Wildman–Crippen LogP) is 1.43. The van der Waals surface area contributed by atoms with Crippen LogP contribution in [0.2, 0.25) is 0 Å². The number of piperidine rings is 1. The third-order valence-electron chi connectivity index (χ3n) is 3.37. The fourth-order valence-electron chi connectivity index (χ4n) is 2.42. The van der Waals surface area contributed by atoms with Crippen LogP contribution in [0.5, 0.6) is 0 Å². The summed E-state index contributed by atoms with van der Waals surface area (Å²) in [5, 5.41) is 0. The summed E-state index contributed by atoms with van der Waals surface area (Å²) >= 11 is 3.48. The van der Waals surface area contributed by atoms with Crippen LogP contribution in [0.3, 0.4) is 0 Å². The first-order valence-corrected chi connectivity index (χ1v) is 8.20. The van der Waals surface area contributed by atoms with E-state index >= 15 is 0 Å². The van der Waals surface area contributed by atoms with Crippen molar-refractivity contribution in [3.63, 3.8) is 0 Å². The Morgan fingerprint density at radius 1 is 1.12 bits per heavy atom. The fourth-order valence-corrected chi connectivity index (χ4v) is 5.00. The Morgan fingerprint density at radius 2 is 1.81 bits per heavy atom. The molecule has 4 nitrogen and oxygen atoms in total. The highest BCUT2D eigenvalue weighted by atomic mass is 79.9. The molecule has 0 aromatic heterocycles. The van der Waals surface area contributed by atoms with Crippen LogP contribution < -0.4 is 0 Å². The molecule has 2 unspecified atom stereocenters. The van der Waals surface area contributed by atoms with Gasteiger partial charge in [0.15, 0.2) is 0 Å². The molecule has 6 heteroatoms. The van der Waals surface area contributed by atoms with Gasteiger partial charge in [0, 0.05) is 31.0 Å². The molecule has 0 amide bonds. The highest BCUT2D eigenvalue weighted by Crippen LogP contribution is 2.25. The quantitative estimate of drug-likeness (QED) is 0.724. The molecule has 94 valence electrons. The van der Waals surface area contributed by atoms with Gasteiger partial charge in [-0.3, -0.25) is 0 Å². The van der Waals surface area contributed by atoms with E-state index in [4.69, 9.17) is 0 Å². The van der Waals surface area contributed by atoms with Gasteiger partial charge in [-0.1, -0.05) is 22.9 Å². The van der Waals surface area contributed by atoms with E-state index in [9.17, 15) is 8.42 Å². The Kier molecular flexibility index (Phi) is 3.93. The second-order valence-corrected chi connectivity index (χ2v) is 8.08. The molecule has 2 saturated heterocycles. The third-order valence-corrected chi connectivity index (χ3v) is 6.08. The minimum Gasteiger partial charge on any atom is -0.195 e. The monoisotopic (exact) mass is 310 g/mol. The van der Waals surface area contributed by atoms with Crippen LogP contribution >= 0.6 is 15.9 Å². The van der Waals surface area contributed by atoms with Crippen molar-refractivity contribution in [2.45, 2.75) is 31.0 Å².